The SMILES string of the molecule is CCCCCCOc1ccc(NCc2ccc(F)cc2[CH]=[Ru][Cl])cc1. The normalized spacial score (nSPS) is 11.3. The summed E-state index contributed by atoms with van der Waals surface area (Å²) >= 11 is -0.381. The average molecular weight is 450 g/mol. The standard InChI is InChI=1S/C20H24FNO.ClH.Ru/c1-3-4-5-6-13-23-20-11-9-19(10-12-20)22-15-17-7-8-18(21)14-16(17)2;;/h2,7-12,14,22H,3-6,13,15H2,1H3;1H;/q;;+1/p-1. The van der Waals surface area contributed by atoms with Gasteiger partial charge >= 0.3 is 135 Å². The first-order valence-corrected chi connectivity index (χ1v) is 11.8. The molecule has 0 saturated carbocycles. The van der Waals surface area contributed by atoms with Gasteiger partial charge in [0, 0.05) is 0 Å². The molecule has 0 amide bonds. The number of benzene rings is 2. The third-order valence-corrected chi connectivity index (χ3v) is 5.05. The summed E-state index contributed by atoms with van der Waals surface area (Å²) in [6, 6.07) is 12.8. The van der Waals surface area contributed by atoms with Crippen LogP contribution in [0, 0.1) is 5.82 Å². The van der Waals surface area contributed by atoms with Crippen molar-refractivity contribution in [1.82, 2.24) is 0 Å². The van der Waals surface area contributed by atoms with Gasteiger partial charge in [0.1, 0.15) is 0 Å². The minimum atomic E-state index is -0.381. The molecule has 0 aliphatic carbocycles. The third kappa shape index (κ3) is 7.25. The summed E-state index contributed by atoms with van der Waals surface area (Å²) in [5.74, 6) is 0.657. The molecule has 2 aromatic rings. The van der Waals surface area contributed by atoms with Crippen LogP contribution >= 0.6 is 9.69 Å². The number of hydrogen-bond donors (Lipinski definition) is 1. The Morgan fingerprint density at radius 2 is 1.92 bits per heavy atom. The Hall–Kier alpha value is -1.25. The zero-order chi connectivity index (χ0) is 17.9. The van der Waals surface area contributed by atoms with Crippen molar-refractivity contribution in [2.75, 3.05) is 11.9 Å². The van der Waals surface area contributed by atoms with E-state index in [1.807, 2.05) is 28.9 Å². The summed E-state index contributed by atoms with van der Waals surface area (Å²) in [4.78, 5) is 0. The molecule has 0 saturated heterocycles. The average Bonchev–Trinajstić information content (AvgIpc) is 2.62. The molecule has 0 fully saturated rings. The summed E-state index contributed by atoms with van der Waals surface area (Å²) in [5.41, 5.74) is 2.91. The third-order valence-electron chi connectivity index (χ3n) is 3.86. The first-order chi connectivity index (χ1) is 12.2. The molecule has 0 bridgehead atoms. The fourth-order valence-electron chi connectivity index (χ4n) is 2.45. The van der Waals surface area contributed by atoms with Crippen molar-refractivity contribution in [1.29, 1.82) is 0 Å². The summed E-state index contributed by atoms with van der Waals surface area (Å²) in [6.45, 7) is 3.60. The van der Waals surface area contributed by atoms with Gasteiger partial charge in [0.2, 0.25) is 0 Å². The summed E-state index contributed by atoms with van der Waals surface area (Å²) in [7, 11) is 5.84. The molecule has 2 nitrogen and oxygen atoms in total. The van der Waals surface area contributed by atoms with Gasteiger partial charge in [-0.15, -0.1) is 0 Å². The molecule has 0 aromatic heterocycles. The molecular weight excluding hydrogens is 426 g/mol. The van der Waals surface area contributed by atoms with Crippen LogP contribution in [0.3, 0.4) is 0 Å². The molecule has 0 atom stereocenters. The van der Waals surface area contributed by atoms with Crippen molar-refractivity contribution in [3.63, 3.8) is 0 Å². The molecule has 0 radical (unpaired) electrons. The van der Waals surface area contributed by atoms with Crippen molar-refractivity contribution >= 4 is 20.0 Å². The van der Waals surface area contributed by atoms with Gasteiger partial charge in [-0.3, -0.25) is 0 Å². The van der Waals surface area contributed by atoms with Crippen molar-refractivity contribution in [3.05, 3.63) is 59.4 Å². The molecule has 2 aromatic carbocycles. The Bertz CT molecular complexity index is 676. The number of hydrogen-bond acceptors (Lipinski definition) is 2. The van der Waals surface area contributed by atoms with E-state index < -0.39 is 0 Å². The van der Waals surface area contributed by atoms with Gasteiger partial charge < -0.3 is 0 Å². The molecule has 2 rings (SSSR count). The molecule has 0 aliphatic rings. The first-order valence-electron chi connectivity index (χ1n) is 8.53. The van der Waals surface area contributed by atoms with Crippen LogP contribution in [-0.2, 0) is 22.2 Å². The van der Waals surface area contributed by atoms with Gasteiger partial charge in [-0.25, -0.2) is 0 Å². The summed E-state index contributed by atoms with van der Waals surface area (Å²) in [5, 5.41) is 3.36. The Kier molecular flexibility index (Phi) is 9.14. The maximum atomic E-state index is 13.4. The zero-order valence-electron chi connectivity index (χ0n) is 14.4. The van der Waals surface area contributed by atoms with Crippen LogP contribution < -0.4 is 10.1 Å². The second-order valence-corrected chi connectivity index (χ2v) is 7.60. The number of unbranched alkanes of at least 4 members (excludes halogenated alkanes) is 3. The molecule has 137 valence electrons. The van der Waals surface area contributed by atoms with E-state index in [0.29, 0.717) is 6.54 Å². The van der Waals surface area contributed by atoms with Gasteiger partial charge in [0.05, 0.1) is 0 Å². The van der Waals surface area contributed by atoms with Crippen LogP contribution in [0.5, 0.6) is 5.75 Å². The van der Waals surface area contributed by atoms with Crippen LogP contribution in [0.25, 0.3) is 0 Å². The van der Waals surface area contributed by atoms with Gasteiger partial charge in [-0.2, -0.15) is 0 Å². The fourth-order valence-corrected chi connectivity index (χ4v) is 3.61. The number of halogens is 2. The van der Waals surface area contributed by atoms with E-state index >= 15 is 0 Å². The Morgan fingerprint density at radius 1 is 1.12 bits per heavy atom. The van der Waals surface area contributed by atoms with E-state index in [9.17, 15) is 4.39 Å². The molecule has 1 N–H and O–H groups in total. The second kappa shape index (κ2) is 11.4. The van der Waals surface area contributed by atoms with Gasteiger partial charge in [0.15, 0.2) is 0 Å². The van der Waals surface area contributed by atoms with Gasteiger partial charge in [-0.1, -0.05) is 26.2 Å². The van der Waals surface area contributed by atoms with Crippen molar-refractivity contribution in [2.24, 2.45) is 0 Å². The minimum absolute atomic E-state index is 0.235. The van der Waals surface area contributed by atoms with Crippen molar-refractivity contribution < 1.29 is 24.8 Å². The fraction of sp³-hybridized carbons (Fsp3) is 0.350. The van der Waals surface area contributed by atoms with E-state index in [0.717, 1.165) is 35.6 Å². The van der Waals surface area contributed by atoms with E-state index in [-0.39, 0.29) is 21.5 Å². The van der Waals surface area contributed by atoms with E-state index in [1.54, 1.807) is 6.07 Å². The zero-order valence-corrected chi connectivity index (χ0v) is 16.9. The van der Waals surface area contributed by atoms with Crippen molar-refractivity contribution in [3.8, 4) is 5.75 Å². The van der Waals surface area contributed by atoms with Crippen LogP contribution in [0.4, 0.5) is 10.1 Å². The summed E-state index contributed by atoms with van der Waals surface area (Å²) < 4.78 is 21.0. The molecule has 0 aliphatic heterocycles. The number of nitrogens with one attached hydrogen (secondary N) is 1. The van der Waals surface area contributed by atoms with Crippen LogP contribution in [-0.4, -0.2) is 11.2 Å². The number of rotatable bonds is 10. The molecule has 5 heteroatoms. The Morgan fingerprint density at radius 3 is 2.64 bits per heavy atom. The van der Waals surface area contributed by atoms with Crippen LogP contribution in [0.1, 0.15) is 43.7 Å². The molecule has 0 unspecified atom stereocenters. The monoisotopic (exact) mass is 450 g/mol. The molecule has 0 heterocycles. The molecule has 25 heavy (non-hydrogen) atoms. The molecule has 0 spiro atoms. The predicted molar refractivity (Wildman–Crippen MR) is 101 cm³/mol. The maximum absolute atomic E-state index is 13.4. The summed E-state index contributed by atoms with van der Waals surface area (Å²) in [6.07, 6.45) is 4.82. The van der Waals surface area contributed by atoms with E-state index in [1.165, 1.54) is 31.4 Å². The van der Waals surface area contributed by atoms with E-state index in [2.05, 4.69) is 12.2 Å². The number of ether oxygens (including phenoxy) is 1. The Balaban J connectivity index is 1.85. The van der Waals surface area contributed by atoms with Crippen LogP contribution in [0.15, 0.2) is 42.5 Å². The second-order valence-electron chi connectivity index (χ2n) is 5.81. The van der Waals surface area contributed by atoms with E-state index in [4.69, 9.17) is 14.4 Å². The van der Waals surface area contributed by atoms with Gasteiger partial charge in [0.25, 0.3) is 0 Å². The Labute approximate surface area is 160 Å². The van der Waals surface area contributed by atoms with Gasteiger partial charge in [-0.05, 0) is 0 Å². The predicted octanol–water partition coefficient (Wildman–Crippen LogP) is 5.78. The molecular formula is C20H24ClFNORu. The van der Waals surface area contributed by atoms with Crippen molar-refractivity contribution in [2.45, 2.75) is 39.2 Å². The first kappa shape index (κ1) is 20.1. The number of anilines is 1. The van der Waals surface area contributed by atoms with Crippen LogP contribution in [0.2, 0.25) is 0 Å². The quantitative estimate of drug-likeness (QED) is 0.366. The topological polar surface area (TPSA) is 21.3 Å².